The maximum Gasteiger partial charge on any atom is 0.338 e. The Kier molecular flexibility index (Phi) is 3.73. The zero-order valence-corrected chi connectivity index (χ0v) is 14.1. The average Bonchev–Trinajstić information content (AvgIpc) is 2.94. The van der Waals surface area contributed by atoms with E-state index in [-0.39, 0.29) is 11.6 Å². The van der Waals surface area contributed by atoms with E-state index in [1.165, 1.54) is 31.4 Å². The molecule has 25 heavy (non-hydrogen) atoms. The molecule has 0 radical (unpaired) electrons. The molecule has 0 saturated carbocycles. The Hall–Kier alpha value is -2.79. The van der Waals surface area contributed by atoms with Gasteiger partial charge in [-0.05, 0) is 36.4 Å². The van der Waals surface area contributed by atoms with Crippen LogP contribution in [-0.4, -0.2) is 13.1 Å². The summed E-state index contributed by atoms with van der Waals surface area (Å²) in [7, 11) is 0.809. The molecule has 0 aliphatic carbocycles. The predicted octanol–water partition coefficient (Wildman–Crippen LogP) is 5.80. The Labute approximate surface area is 145 Å². The zero-order chi connectivity index (χ0) is 17.6. The Morgan fingerprint density at radius 1 is 0.880 bits per heavy atom. The molecule has 0 saturated heterocycles. The molecule has 4 rings (SSSR count). The van der Waals surface area contributed by atoms with Gasteiger partial charge in [0.25, 0.3) is 0 Å². The van der Waals surface area contributed by atoms with Crippen LogP contribution < -0.4 is 0 Å². The van der Waals surface area contributed by atoms with Crippen molar-refractivity contribution in [3.63, 3.8) is 0 Å². The summed E-state index contributed by atoms with van der Waals surface area (Å²) in [6, 6.07) is 16.3. The monoisotopic (exact) mass is 355 g/mol. The van der Waals surface area contributed by atoms with Gasteiger partial charge >= 0.3 is 5.97 Å². The molecule has 0 aliphatic heterocycles. The van der Waals surface area contributed by atoms with Gasteiger partial charge in [-0.25, -0.2) is 13.6 Å². The molecular formula is C20H13F2O2S+. The van der Waals surface area contributed by atoms with Gasteiger partial charge in [-0.15, -0.1) is 0 Å². The number of benzene rings is 3. The minimum atomic E-state index is -0.527. The molecule has 1 aromatic heterocycles. The first-order valence-corrected chi connectivity index (χ1v) is 8.83. The molecule has 0 atom stereocenters. The van der Waals surface area contributed by atoms with Crippen LogP contribution in [0.5, 0.6) is 0 Å². The van der Waals surface area contributed by atoms with Gasteiger partial charge in [-0.3, -0.25) is 0 Å². The third kappa shape index (κ3) is 2.57. The highest BCUT2D eigenvalue weighted by Gasteiger charge is 2.25. The van der Waals surface area contributed by atoms with Gasteiger partial charge < -0.3 is 4.74 Å². The molecule has 0 aliphatic rings. The lowest BCUT2D eigenvalue weighted by atomic mass is 10.1. The van der Waals surface area contributed by atoms with Crippen molar-refractivity contribution in [3.05, 3.63) is 77.9 Å². The van der Waals surface area contributed by atoms with Crippen LogP contribution in [0.2, 0.25) is 0 Å². The van der Waals surface area contributed by atoms with Crippen molar-refractivity contribution in [1.29, 1.82) is 0 Å². The number of hydrogen-bond acceptors (Lipinski definition) is 2. The molecule has 0 unspecified atom stereocenters. The van der Waals surface area contributed by atoms with Crippen LogP contribution in [0.4, 0.5) is 8.78 Å². The van der Waals surface area contributed by atoms with E-state index in [9.17, 15) is 13.6 Å². The van der Waals surface area contributed by atoms with Crippen molar-refractivity contribution in [1.82, 2.24) is 0 Å². The van der Waals surface area contributed by atoms with Gasteiger partial charge in [0.15, 0.2) is 14.3 Å². The van der Waals surface area contributed by atoms with Gasteiger partial charge in [-0.1, -0.05) is 6.07 Å². The molecule has 2 nitrogen and oxygen atoms in total. The van der Waals surface area contributed by atoms with Crippen LogP contribution >= 0.6 is 10.5 Å². The molecule has 3 aromatic carbocycles. The second-order valence-corrected chi connectivity index (χ2v) is 7.57. The van der Waals surface area contributed by atoms with E-state index in [0.717, 1.165) is 14.3 Å². The second kappa shape index (κ2) is 5.93. The number of thiophene rings is 1. The van der Waals surface area contributed by atoms with E-state index in [1.54, 1.807) is 30.3 Å². The normalized spacial score (nSPS) is 11.2. The number of methoxy groups -OCH3 is 1. The Balaban J connectivity index is 2.08. The number of halogens is 2. The van der Waals surface area contributed by atoms with Crippen molar-refractivity contribution in [2.45, 2.75) is 0 Å². The summed E-state index contributed by atoms with van der Waals surface area (Å²) < 4.78 is 34.1. The van der Waals surface area contributed by atoms with Gasteiger partial charge in [0.2, 0.25) is 0 Å². The maximum atomic E-state index is 13.7. The largest absolute Gasteiger partial charge is 0.465 e. The van der Waals surface area contributed by atoms with Gasteiger partial charge in [0.05, 0.1) is 23.4 Å². The zero-order valence-electron chi connectivity index (χ0n) is 13.3. The highest BCUT2D eigenvalue weighted by molar-refractivity contribution is 7.50. The van der Waals surface area contributed by atoms with Crippen LogP contribution in [0, 0.1) is 11.6 Å². The number of ether oxygens (including phenoxy) is 1. The quantitative estimate of drug-likeness (QED) is 0.336. The summed E-state index contributed by atoms with van der Waals surface area (Å²) in [4.78, 5) is 12.7. The van der Waals surface area contributed by atoms with E-state index in [4.69, 9.17) is 4.74 Å². The summed E-state index contributed by atoms with van der Waals surface area (Å²) in [5.74, 6) is -1.13. The lowest BCUT2D eigenvalue weighted by Gasteiger charge is -1.99. The molecule has 0 amide bonds. The van der Waals surface area contributed by atoms with Crippen LogP contribution in [0.15, 0.2) is 60.7 Å². The van der Waals surface area contributed by atoms with Crippen molar-refractivity contribution in [2.75, 3.05) is 7.11 Å². The third-order valence-electron chi connectivity index (χ3n) is 4.10. The molecule has 1 heterocycles. The summed E-state index contributed by atoms with van der Waals surface area (Å²) in [6.07, 6.45) is 0. The lowest BCUT2D eigenvalue weighted by molar-refractivity contribution is 0.0601. The molecule has 4 aromatic rings. The molecule has 124 valence electrons. The van der Waals surface area contributed by atoms with Gasteiger partial charge in [0.1, 0.15) is 11.6 Å². The fourth-order valence-electron chi connectivity index (χ4n) is 3.02. The second-order valence-electron chi connectivity index (χ2n) is 5.61. The molecule has 0 spiro atoms. The molecule has 5 heteroatoms. The van der Waals surface area contributed by atoms with E-state index in [1.807, 2.05) is 6.07 Å². The highest BCUT2D eigenvalue weighted by Crippen LogP contribution is 2.48. The number of hydrogen-bond donors (Lipinski definition) is 0. The average molecular weight is 355 g/mol. The number of rotatable bonds is 2. The predicted molar refractivity (Wildman–Crippen MR) is 96.5 cm³/mol. The Bertz CT molecular complexity index is 1070. The van der Waals surface area contributed by atoms with Crippen LogP contribution in [0.3, 0.4) is 0 Å². The Morgan fingerprint density at radius 3 is 2.04 bits per heavy atom. The standard InChI is InChI=1S/C20H13F2O2S/c1-24-20(23)12-3-2-4-15(9-12)25-18-7-5-13(21)10-16(18)17-11-14(22)6-8-19(17)25/h2-11H,1H3/q+1. The first kappa shape index (κ1) is 15.7. The fraction of sp³-hybridized carbons (Fsp3) is 0.0500. The third-order valence-corrected chi connectivity index (χ3v) is 6.42. The maximum absolute atomic E-state index is 13.7. The van der Waals surface area contributed by atoms with Gasteiger partial charge in [0, 0.05) is 28.7 Å². The summed E-state index contributed by atoms with van der Waals surface area (Å²) in [5, 5.41) is 1.39. The smallest absolute Gasteiger partial charge is 0.338 e. The first-order chi connectivity index (χ1) is 12.1. The molecule has 0 fully saturated rings. The minimum absolute atomic E-state index is 0.359. The summed E-state index contributed by atoms with van der Waals surface area (Å²) in [5.41, 5.74) is 0.451. The van der Waals surface area contributed by atoms with Gasteiger partial charge in [-0.2, -0.15) is 0 Å². The van der Waals surface area contributed by atoms with E-state index in [2.05, 4.69) is 0 Å². The Morgan fingerprint density at radius 2 is 1.48 bits per heavy atom. The lowest BCUT2D eigenvalue weighted by Crippen LogP contribution is -2.00. The summed E-state index contributed by atoms with van der Waals surface area (Å²) in [6.45, 7) is 0. The van der Waals surface area contributed by atoms with E-state index in [0.29, 0.717) is 16.3 Å². The highest BCUT2D eigenvalue weighted by atomic mass is 32.2. The molecule has 0 N–H and O–H groups in total. The van der Waals surface area contributed by atoms with Crippen molar-refractivity contribution >= 4 is 36.6 Å². The van der Waals surface area contributed by atoms with E-state index >= 15 is 0 Å². The van der Waals surface area contributed by atoms with Crippen molar-refractivity contribution in [3.8, 4) is 4.90 Å². The minimum Gasteiger partial charge on any atom is -0.465 e. The number of esters is 1. The van der Waals surface area contributed by atoms with Crippen LogP contribution in [0.1, 0.15) is 10.4 Å². The first-order valence-electron chi connectivity index (χ1n) is 7.60. The van der Waals surface area contributed by atoms with Crippen LogP contribution in [0.25, 0.3) is 25.1 Å². The molecular weight excluding hydrogens is 342 g/mol. The number of carbonyl (C=O) groups is 1. The molecule has 0 bridgehead atoms. The SMILES string of the molecule is COC(=O)c1cccc(-[s+]2c3ccc(F)cc3c3cc(F)ccc32)c1. The van der Waals surface area contributed by atoms with Crippen molar-refractivity contribution < 1.29 is 18.3 Å². The van der Waals surface area contributed by atoms with E-state index < -0.39 is 16.4 Å². The van der Waals surface area contributed by atoms with Crippen LogP contribution in [-0.2, 0) is 4.74 Å². The van der Waals surface area contributed by atoms with Crippen molar-refractivity contribution in [2.24, 2.45) is 0 Å². The number of carbonyl (C=O) groups excluding carboxylic acids is 1. The fourth-order valence-corrected chi connectivity index (χ4v) is 5.41. The topological polar surface area (TPSA) is 26.3 Å². The summed E-state index contributed by atoms with van der Waals surface area (Å²) >= 11 is 0. The number of fused-ring (bicyclic) bond motifs is 3.